The molecule has 5 heteroatoms. The predicted octanol–water partition coefficient (Wildman–Crippen LogP) is 5.62. The van der Waals surface area contributed by atoms with Gasteiger partial charge in [0.1, 0.15) is 5.82 Å². The van der Waals surface area contributed by atoms with Crippen molar-refractivity contribution >= 4 is 49.1 Å². The van der Waals surface area contributed by atoms with Crippen LogP contribution < -0.4 is 5.32 Å². The van der Waals surface area contributed by atoms with E-state index in [4.69, 9.17) is 11.6 Å². The molecule has 2 rings (SSSR count). The maximum absolute atomic E-state index is 13.0. The first kappa shape index (κ1) is 13.8. The Hall–Kier alpha value is -0.580. The van der Waals surface area contributed by atoms with Crippen LogP contribution in [0.3, 0.4) is 0 Å². The molecule has 2 aromatic rings. The van der Waals surface area contributed by atoms with E-state index >= 15 is 0 Å². The van der Waals surface area contributed by atoms with Crippen molar-refractivity contribution in [3.63, 3.8) is 0 Å². The van der Waals surface area contributed by atoms with Gasteiger partial charge in [-0.05, 0) is 61.7 Å². The highest BCUT2D eigenvalue weighted by Gasteiger charge is 2.05. The van der Waals surface area contributed by atoms with Crippen molar-refractivity contribution in [1.29, 1.82) is 0 Å². The van der Waals surface area contributed by atoms with Gasteiger partial charge in [0.05, 0.1) is 10.7 Å². The summed E-state index contributed by atoms with van der Waals surface area (Å²) in [6, 6.07) is 10.5. The lowest BCUT2D eigenvalue weighted by atomic mass is 10.2. The molecule has 1 nitrogen and oxygen atoms in total. The average molecular weight is 393 g/mol. The topological polar surface area (TPSA) is 12.0 Å². The summed E-state index contributed by atoms with van der Waals surface area (Å²) in [5.41, 5.74) is 1.88. The van der Waals surface area contributed by atoms with Crippen LogP contribution >= 0.6 is 43.5 Å². The number of anilines is 1. The summed E-state index contributed by atoms with van der Waals surface area (Å²) in [5.74, 6) is -0.400. The molecule has 94 valence electrons. The van der Waals surface area contributed by atoms with Gasteiger partial charge < -0.3 is 5.32 Å². The molecule has 0 heterocycles. The molecule has 0 saturated carbocycles. The van der Waals surface area contributed by atoms with E-state index in [0.29, 0.717) is 6.54 Å². The van der Waals surface area contributed by atoms with E-state index in [9.17, 15) is 4.39 Å². The number of para-hydroxylation sites is 1. The first-order valence-corrected chi connectivity index (χ1v) is 7.16. The highest BCUT2D eigenvalue weighted by atomic mass is 79.9. The summed E-state index contributed by atoms with van der Waals surface area (Å²) in [5, 5.41) is 3.41. The van der Waals surface area contributed by atoms with Gasteiger partial charge in [-0.2, -0.15) is 0 Å². The summed E-state index contributed by atoms with van der Waals surface area (Å²) in [6.45, 7) is 0.571. The van der Waals surface area contributed by atoms with E-state index in [1.54, 1.807) is 12.1 Å². The van der Waals surface area contributed by atoms with Crippen molar-refractivity contribution in [3.8, 4) is 0 Å². The zero-order valence-electron chi connectivity index (χ0n) is 9.18. The summed E-state index contributed by atoms with van der Waals surface area (Å²) in [4.78, 5) is 0. The second-order valence-corrected chi connectivity index (χ2v) is 5.81. The Morgan fingerprint density at radius 2 is 1.78 bits per heavy atom. The highest BCUT2D eigenvalue weighted by molar-refractivity contribution is 9.11. The first-order chi connectivity index (χ1) is 8.58. The van der Waals surface area contributed by atoms with Crippen LogP contribution in [0.2, 0.25) is 5.02 Å². The highest BCUT2D eigenvalue weighted by Crippen LogP contribution is 2.31. The largest absolute Gasteiger partial charge is 0.379 e. The fourth-order valence-electron chi connectivity index (χ4n) is 1.51. The minimum absolute atomic E-state index is 0.139. The standard InChI is InChI=1S/C13H9Br2ClFN/c14-9-2-1-3-10(15)13(9)18-7-8-4-5-12(17)11(16)6-8/h1-6,18H,7H2. The van der Waals surface area contributed by atoms with Gasteiger partial charge in [0, 0.05) is 15.5 Å². The van der Waals surface area contributed by atoms with Gasteiger partial charge in [0.15, 0.2) is 0 Å². The lowest BCUT2D eigenvalue weighted by molar-refractivity contribution is 0.627. The SMILES string of the molecule is Fc1ccc(CNc2c(Br)cccc2Br)cc1Cl. The number of hydrogen-bond donors (Lipinski definition) is 1. The average Bonchev–Trinajstić information content (AvgIpc) is 2.33. The number of nitrogens with one attached hydrogen (secondary N) is 1. The summed E-state index contributed by atoms with van der Waals surface area (Å²) in [7, 11) is 0. The van der Waals surface area contributed by atoms with Crippen LogP contribution in [0.1, 0.15) is 5.56 Å². The van der Waals surface area contributed by atoms with Gasteiger partial charge in [0.25, 0.3) is 0 Å². The summed E-state index contributed by atoms with van der Waals surface area (Å²) >= 11 is 12.7. The summed E-state index contributed by atoms with van der Waals surface area (Å²) < 4.78 is 14.9. The molecule has 0 aromatic heterocycles. The molecule has 18 heavy (non-hydrogen) atoms. The van der Waals surface area contributed by atoms with Crippen LogP contribution in [0, 0.1) is 5.82 Å². The van der Waals surface area contributed by atoms with Gasteiger partial charge >= 0.3 is 0 Å². The Labute approximate surface area is 127 Å². The van der Waals surface area contributed by atoms with Crippen molar-refractivity contribution in [3.05, 3.63) is 61.7 Å². The minimum Gasteiger partial charge on any atom is -0.379 e. The Morgan fingerprint density at radius 1 is 1.11 bits per heavy atom. The van der Waals surface area contributed by atoms with Crippen LogP contribution in [0.5, 0.6) is 0 Å². The van der Waals surface area contributed by atoms with Gasteiger partial charge in [0.2, 0.25) is 0 Å². The molecule has 0 aliphatic heterocycles. The van der Waals surface area contributed by atoms with E-state index in [-0.39, 0.29) is 5.02 Å². The van der Waals surface area contributed by atoms with E-state index in [1.165, 1.54) is 6.07 Å². The van der Waals surface area contributed by atoms with Crippen LogP contribution in [0.25, 0.3) is 0 Å². The number of halogens is 4. The molecular formula is C13H9Br2ClFN. The summed E-state index contributed by atoms with van der Waals surface area (Å²) in [6.07, 6.45) is 0. The van der Waals surface area contributed by atoms with E-state index in [2.05, 4.69) is 37.2 Å². The zero-order valence-corrected chi connectivity index (χ0v) is 13.1. The van der Waals surface area contributed by atoms with E-state index < -0.39 is 5.82 Å². The van der Waals surface area contributed by atoms with E-state index in [0.717, 1.165) is 20.2 Å². The first-order valence-electron chi connectivity index (χ1n) is 5.20. The zero-order chi connectivity index (χ0) is 13.1. The van der Waals surface area contributed by atoms with Crippen LogP contribution in [-0.2, 0) is 6.54 Å². The molecule has 0 bridgehead atoms. The van der Waals surface area contributed by atoms with Crippen molar-refractivity contribution < 1.29 is 4.39 Å². The molecule has 0 saturated heterocycles. The van der Waals surface area contributed by atoms with Crippen molar-refractivity contribution in [2.24, 2.45) is 0 Å². The predicted molar refractivity (Wildman–Crippen MR) is 80.6 cm³/mol. The van der Waals surface area contributed by atoms with Gasteiger partial charge in [-0.3, -0.25) is 0 Å². The molecule has 1 N–H and O–H groups in total. The molecule has 0 unspecified atom stereocenters. The molecule has 0 atom stereocenters. The normalized spacial score (nSPS) is 10.4. The molecule has 2 aromatic carbocycles. The fourth-order valence-corrected chi connectivity index (χ4v) is 2.99. The Kier molecular flexibility index (Phi) is 4.65. The van der Waals surface area contributed by atoms with Gasteiger partial charge in [-0.25, -0.2) is 4.39 Å². The molecule has 0 radical (unpaired) electrons. The maximum Gasteiger partial charge on any atom is 0.141 e. The third kappa shape index (κ3) is 3.25. The van der Waals surface area contributed by atoms with Crippen molar-refractivity contribution in [2.45, 2.75) is 6.54 Å². The number of benzene rings is 2. The van der Waals surface area contributed by atoms with Crippen molar-refractivity contribution in [2.75, 3.05) is 5.32 Å². The monoisotopic (exact) mass is 391 g/mol. The third-order valence-corrected chi connectivity index (χ3v) is 4.03. The second-order valence-electron chi connectivity index (χ2n) is 3.70. The fraction of sp³-hybridized carbons (Fsp3) is 0.0769. The lowest BCUT2D eigenvalue weighted by Gasteiger charge is -2.11. The minimum atomic E-state index is -0.400. The quantitative estimate of drug-likeness (QED) is 0.714. The number of rotatable bonds is 3. The number of hydrogen-bond acceptors (Lipinski definition) is 1. The van der Waals surface area contributed by atoms with E-state index in [1.807, 2.05) is 18.2 Å². The smallest absolute Gasteiger partial charge is 0.141 e. The maximum atomic E-state index is 13.0. The van der Waals surface area contributed by atoms with Crippen molar-refractivity contribution in [1.82, 2.24) is 0 Å². The molecule has 0 spiro atoms. The third-order valence-electron chi connectivity index (χ3n) is 2.42. The molecule has 0 aliphatic rings. The van der Waals surface area contributed by atoms with Crippen LogP contribution in [0.4, 0.5) is 10.1 Å². The van der Waals surface area contributed by atoms with Crippen LogP contribution in [0.15, 0.2) is 45.3 Å². The Balaban J connectivity index is 2.14. The Bertz CT molecular complexity index is 555. The van der Waals surface area contributed by atoms with Gasteiger partial charge in [-0.15, -0.1) is 0 Å². The molecule has 0 aliphatic carbocycles. The van der Waals surface area contributed by atoms with Crippen LogP contribution in [-0.4, -0.2) is 0 Å². The van der Waals surface area contributed by atoms with Gasteiger partial charge in [-0.1, -0.05) is 23.7 Å². The molecule has 0 fully saturated rings. The molecule has 0 amide bonds. The Morgan fingerprint density at radius 3 is 2.39 bits per heavy atom. The molecular weight excluding hydrogens is 384 g/mol. The second kappa shape index (κ2) is 6.04. The lowest BCUT2D eigenvalue weighted by Crippen LogP contribution is -2.01.